The van der Waals surface area contributed by atoms with Crippen molar-refractivity contribution < 1.29 is 59.5 Å². The third-order valence-corrected chi connectivity index (χ3v) is 12.8. The maximum absolute atomic E-state index is 13.7. The summed E-state index contributed by atoms with van der Waals surface area (Å²) in [4.78, 5) is 38.5. The quantitative estimate of drug-likeness (QED) is 0.191. The van der Waals surface area contributed by atoms with Crippen LogP contribution in [0.25, 0.3) is 5.69 Å². The third kappa shape index (κ3) is 6.30. The second kappa shape index (κ2) is 14.0. The number of methoxy groups -OCH3 is 2. The molecule has 2 heterocycles. The zero-order valence-electron chi connectivity index (χ0n) is 29.2. The first-order valence-electron chi connectivity index (χ1n) is 16.0. The number of benzene rings is 1. The molecule has 0 radical (unpaired) electrons. The van der Waals surface area contributed by atoms with Crippen molar-refractivity contribution in [3.05, 3.63) is 56.6 Å². The molecule has 8 atom stereocenters. The van der Waals surface area contributed by atoms with Crippen LogP contribution < -0.4 is 5.73 Å². The summed E-state index contributed by atoms with van der Waals surface area (Å²) in [7, 11) is 2.97. The summed E-state index contributed by atoms with van der Waals surface area (Å²) in [6, 6.07) is 2.19. The lowest BCUT2D eigenvalue weighted by Gasteiger charge is -2.64. The molecule has 20 heteroatoms. The number of nitrogen functional groups attached to an aromatic ring is 1. The van der Waals surface area contributed by atoms with E-state index in [9.17, 15) is 45.3 Å². The molecule has 2 aromatic rings. The number of allylic oxidation sites excluding steroid dienone is 4. The lowest BCUT2D eigenvalue weighted by atomic mass is 9.40. The highest BCUT2D eigenvalue weighted by molar-refractivity contribution is 7.92. The Labute approximate surface area is 317 Å². The normalized spacial score (nSPS) is 29.9. The van der Waals surface area contributed by atoms with Crippen LogP contribution in [0.5, 0.6) is 0 Å². The third-order valence-electron chi connectivity index (χ3n) is 11.0. The number of aromatic nitrogens is 2. The monoisotopic (exact) mass is 824 g/mol. The number of nitrogens with two attached hydrogens (primary N) is 1. The molecule has 0 bridgehead atoms. The summed E-state index contributed by atoms with van der Waals surface area (Å²) in [6.07, 6.45) is -2.58. The minimum Gasteiger partial charge on any atom is -0.604 e. The van der Waals surface area contributed by atoms with Crippen LogP contribution >= 0.6 is 23.2 Å². The average molecular weight is 826 g/mol. The van der Waals surface area contributed by atoms with E-state index in [4.69, 9.17) is 48.4 Å². The average Bonchev–Trinajstić information content (AvgIpc) is 3.39. The number of halogens is 8. The number of alkyl halides is 6. The first-order chi connectivity index (χ1) is 24.9. The number of hydrogen-bond acceptors (Lipinski definition) is 10. The standard InChI is InChI=1S/C22H28O6.C12H4Cl2F6N4OS/c1-10-7-14(26-5)20(25)22(4)12(10)8-15-21(3)13(9-16(23)28-15)11(2)18(27-6)17(24)19(21)22;13-5-1-4(11(15,16)17)2-6(14)8(5)24-10(22)9(7(3-21)23-24)26(25)12(18,19)20/h7,10,12-13,15,19H,8-9H2,1-6H3;1-2H,22H2/t10-,12+,13+,15-,19+,21-,22+;/m1./s1. The van der Waals surface area contributed by atoms with Crippen LogP contribution in [0, 0.1) is 45.8 Å². The highest BCUT2D eigenvalue weighted by atomic mass is 35.5. The number of carbonyl (C=O) groups excluding carboxylic acids is 3. The van der Waals surface area contributed by atoms with Crippen LogP contribution in [0.15, 0.2) is 40.2 Å². The van der Waals surface area contributed by atoms with E-state index in [1.54, 1.807) is 0 Å². The summed E-state index contributed by atoms with van der Waals surface area (Å²) in [6.45, 7) is 7.80. The van der Waals surface area contributed by atoms with Crippen molar-refractivity contribution in [2.24, 2.45) is 34.5 Å². The molecule has 2 fully saturated rings. The SMILES string of the molecule is COC1=C[C@@H](C)[C@@H]2C[C@H]3OC(=O)C[C@H]4C(C)=C(OC)C(=O)[C@H]([C@@]2(C)C1=O)[C@@]34C.N#Cc1nn(-c2c(Cl)cc(C(F)(F)F)cc2Cl)c(N)c1[S+]([O-])C(F)(F)F. The molecule has 4 aliphatic rings. The second-order valence-electron chi connectivity index (χ2n) is 13.8. The molecule has 3 aliphatic carbocycles. The van der Waals surface area contributed by atoms with Gasteiger partial charge in [0.05, 0.1) is 36.2 Å². The van der Waals surface area contributed by atoms with Gasteiger partial charge in [-0.3, -0.25) is 14.4 Å². The molecule has 2 N–H and O–H groups in total. The van der Waals surface area contributed by atoms with Gasteiger partial charge in [0.1, 0.15) is 29.0 Å². The Balaban J connectivity index is 0.000000208. The van der Waals surface area contributed by atoms with E-state index in [-0.39, 0.29) is 47.5 Å². The fourth-order valence-electron chi connectivity index (χ4n) is 8.70. The highest BCUT2D eigenvalue weighted by Gasteiger charge is 2.72. The Morgan fingerprint density at radius 1 is 1.11 bits per heavy atom. The number of Topliss-reactive ketones (excluding diaryl/α,β-unsaturated/α-hetero) is 2. The van der Waals surface area contributed by atoms with Crippen LogP contribution in [0.2, 0.25) is 10.0 Å². The Morgan fingerprint density at radius 2 is 1.70 bits per heavy atom. The van der Waals surface area contributed by atoms with Gasteiger partial charge in [-0.25, -0.2) is 4.68 Å². The predicted octanol–water partition coefficient (Wildman–Crippen LogP) is 7.10. The van der Waals surface area contributed by atoms with Crippen molar-refractivity contribution in [2.45, 2.75) is 63.2 Å². The molecule has 1 saturated carbocycles. The van der Waals surface area contributed by atoms with Crippen molar-refractivity contribution in [1.29, 1.82) is 5.26 Å². The Kier molecular flexibility index (Phi) is 10.7. The molecule has 1 aromatic heterocycles. The fraction of sp³-hybridized carbons (Fsp3) is 0.500. The van der Waals surface area contributed by atoms with Gasteiger partial charge in [0, 0.05) is 22.7 Å². The van der Waals surface area contributed by atoms with Gasteiger partial charge in [-0.2, -0.15) is 18.4 Å². The predicted molar refractivity (Wildman–Crippen MR) is 180 cm³/mol. The van der Waals surface area contributed by atoms with Gasteiger partial charge < -0.3 is 24.5 Å². The van der Waals surface area contributed by atoms with E-state index in [0.29, 0.717) is 29.0 Å². The van der Waals surface area contributed by atoms with Crippen LogP contribution in [-0.2, 0) is 45.9 Å². The van der Waals surface area contributed by atoms with E-state index in [1.807, 2.05) is 33.8 Å². The first kappa shape index (κ1) is 41.2. The number of ketones is 2. The molecule has 1 aromatic carbocycles. The van der Waals surface area contributed by atoms with Gasteiger partial charge in [0.25, 0.3) is 0 Å². The van der Waals surface area contributed by atoms with Gasteiger partial charge in [-0.15, -0.1) is 18.3 Å². The molecule has 0 spiro atoms. The van der Waals surface area contributed by atoms with E-state index in [0.717, 1.165) is 5.57 Å². The van der Waals surface area contributed by atoms with Crippen molar-refractivity contribution in [3.63, 3.8) is 0 Å². The molecule has 0 amide bonds. The first-order valence-corrected chi connectivity index (χ1v) is 17.9. The van der Waals surface area contributed by atoms with Gasteiger partial charge in [-0.1, -0.05) is 44.0 Å². The van der Waals surface area contributed by atoms with Crippen LogP contribution in [0.1, 0.15) is 51.8 Å². The van der Waals surface area contributed by atoms with Crippen LogP contribution in [-0.4, -0.2) is 57.7 Å². The number of rotatable bonds is 4. The number of carbonyl (C=O) groups is 3. The highest BCUT2D eigenvalue weighted by Crippen LogP contribution is 2.67. The Morgan fingerprint density at radius 3 is 2.20 bits per heavy atom. The summed E-state index contributed by atoms with van der Waals surface area (Å²) in [5.41, 5.74) is -3.22. The molecule has 11 nitrogen and oxygen atoms in total. The maximum Gasteiger partial charge on any atom is 0.578 e. The molecule has 1 aliphatic heterocycles. The number of fused-ring (bicyclic) bond motifs is 2. The molecule has 6 rings (SSSR count). The number of anilines is 1. The van der Waals surface area contributed by atoms with Crippen molar-refractivity contribution in [3.8, 4) is 11.8 Å². The van der Waals surface area contributed by atoms with Crippen LogP contribution in [0.3, 0.4) is 0 Å². The van der Waals surface area contributed by atoms with Crippen LogP contribution in [0.4, 0.5) is 32.2 Å². The number of esters is 1. The van der Waals surface area contributed by atoms with Crippen molar-refractivity contribution in [2.75, 3.05) is 20.0 Å². The zero-order chi connectivity index (χ0) is 40.6. The molecule has 292 valence electrons. The lowest BCUT2D eigenvalue weighted by Crippen LogP contribution is -2.69. The number of hydrogen-bond donors (Lipinski definition) is 1. The Hall–Kier alpha value is -3.92. The minimum absolute atomic E-state index is 0.0204. The van der Waals surface area contributed by atoms with Crippen molar-refractivity contribution in [1.82, 2.24) is 9.78 Å². The number of nitrogens with zero attached hydrogens (tertiary/aromatic N) is 3. The molecular formula is C34H32Cl2F6N4O7S. The summed E-state index contributed by atoms with van der Waals surface area (Å²) in [5.74, 6) is -1.76. The zero-order valence-corrected chi connectivity index (χ0v) is 31.6. The lowest BCUT2D eigenvalue weighted by molar-refractivity contribution is -0.217. The summed E-state index contributed by atoms with van der Waals surface area (Å²) >= 11 is 7.77. The second-order valence-corrected chi connectivity index (χ2v) is 16.0. The Bertz CT molecular complexity index is 2020. The molecule has 54 heavy (non-hydrogen) atoms. The van der Waals surface area contributed by atoms with Gasteiger partial charge in [-0.05, 0) is 49.0 Å². The van der Waals surface area contributed by atoms with Gasteiger partial charge in [0.2, 0.25) is 22.2 Å². The maximum atomic E-state index is 13.7. The summed E-state index contributed by atoms with van der Waals surface area (Å²) in [5, 5.41) is 11.1. The van der Waals surface area contributed by atoms with E-state index in [1.165, 1.54) is 20.3 Å². The number of nitriles is 1. The van der Waals surface area contributed by atoms with Gasteiger partial charge in [0.15, 0.2) is 17.3 Å². The molecule has 1 saturated heterocycles. The largest absolute Gasteiger partial charge is 0.604 e. The summed E-state index contributed by atoms with van der Waals surface area (Å²) < 4.78 is 105. The molecule has 1 unspecified atom stereocenters. The topological polar surface area (TPSA) is 170 Å². The van der Waals surface area contributed by atoms with Gasteiger partial charge >= 0.3 is 17.7 Å². The number of ether oxygens (including phenoxy) is 3. The van der Waals surface area contributed by atoms with E-state index in [2.05, 4.69) is 5.10 Å². The smallest absolute Gasteiger partial charge is 0.578 e. The van der Waals surface area contributed by atoms with E-state index >= 15 is 0 Å². The fourth-order valence-corrected chi connectivity index (χ4v) is 10.1. The van der Waals surface area contributed by atoms with E-state index < -0.39 is 83.4 Å². The molecular weight excluding hydrogens is 793 g/mol. The minimum atomic E-state index is -5.25. The van der Waals surface area contributed by atoms with Crippen molar-refractivity contribution >= 4 is 57.7 Å².